The number of hydrogen-bond donors (Lipinski definition) is 1. The van der Waals surface area contributed by atoms with E-state index in [9.17, 15) is 5.11 Å². The highest BCUT2D eigenvalue weighted by atomic mass is 35.5. The third-order valence-corrected chi connectivity index (χ3v) is 3.38. The van der Waals surface area contributed by atoms with Gasteiger partial charge in [-0.25, -0.2) is 0 Å². The minimum Gasteiger partial charge on any atom is -0.497 e. The zero-order chi connectivity index (χ0) is 13.9. The summed E-state index contributed by atoms with van der Waals surface area (Å²) in [5.41, 5.74) is 0.929. The maximum absolute atomic E-state index is 10.6. The Morgan fingerprint density at radius 1 is 1.16 bits per heavy atom. The lowest BCUT2D eigenvalue weighted by molar-refractivity contribution is 0.0576. The van der Waals surface area contributed by atoms with E-state index in [-0.39, 0.29) is 0 Å². The Hall–Kier alpha value is -1.51. The lowest BCUT2D eigenvalue weighted by Gasteiger charge is -2.24. The molecule has 0 fully saturated rings. The van der Waals surface area contributed by atoms with Crippen LogP contribution in [0.1, 0.15) is 18.1 Å². The molecule has 1 unspecified atom stereocenters. The highest BCUT2D eigenvalue weighted by molar-refractivity contribution is 6.30. The number of aliphatic hydroxyl groups is 1. The lowest BCUT2D eigenvalue weighted by atomic mass is 9.89. The van der Waals surface area contributed by atoms with E-state index < -0.39 is 5.60 Å². The van der Waals surface area contributed by atoms with Crippen molar-refractivity contribution in [3.8, 4) is 5.75 Å². The number of ether oxygens (including phenoxy) is 1. The first-order valence-electron chi connectivity index (χ1n) is 6.12. The molecule has 0 bridgehead atoms. The van der Waals surface area contributed by atoms with Crippen molar-refractivity contribution >= 4 is 11.6 Å². The van der Waals surface area contributed by atoms with Crippen molar-refractivity contribution in [1.29, 1.82) is 0 Å². The molecule has 0 aliphatic rings. The Labute approximate surface area is 118 Å². The monoisotopic (exact) mass is 276 g/mol. The van der Waals surface area contributed by atoms with Crippen molar-refractivity contribution in [2.24, 2.45) is 0 Å². The second kappa shape index (κ2) is 5.64. The topological polar surface area (TPSA) is 29.5 Å². The normalized spacial score (nSPS) is 13.9. The van der Waals surface area contributed by atoms with Gasteiger partial charge in [0.05, 0.1) is 12.7 Å². The molecule has 0 spiro atoms. The molecule has 1 N–H and O–H groups in total. The molecule has 0 saturated heterocycles. The highest BCUT2D eigenvalue weighted by Gasteiger charge is 2.23. The number of benzene rings is 2. The molecule has 0 saturated carbocycles. The van der Waals surface area contributed by atoms with Gasteiger partial charge in [0.25, 0.3) is 0 Å². The molecule has 19 heavy (non-hydrogen) atoms. The molecule has 100 valence electrons. The first kappa shape index (κ1) is 13.9. The molecule has 0 amide bonds. The van der Waals surface area contributed by atoms with Crippen LogP contribution in [0.5, 0.6) is 5.75 Å². The van der Waals surface area contributed by atoms with Crippen molar-refractivity contribution in [1.82, 2.24) is 0 Å². The van der Waals surface area contributed by atoms with Crippen LogP contribution in [-0.2, 0) is 12.0 Å². The first-order chi connectivity index (χ1) is 9.01. The SMILES string of the molecule is COc1ccc(C(C)(O)Cc2cccc(Cl)c2)cc1. The standard InChI is InChI=1S/C16H17ClO2/c1-16(18,11-12-4-3-5-14(17)10-12)13-6-8-15(19-2)9-7-13/h3-10,18H,11H2,1-2H3. The van der Waals surface area contributed by atoms with Gasteiger partial charge in [-0.3, -0.25) is 0 Å². The quantitative estimate of drug-likeness (QED) is 0.920. The van der Waals surface area contributed by atoms with E-state index in [1.807, 2.05) is 48.5 Å². The van der Waals surface area contributed by atoms with Crippen LogP contribution in [0.25, 0.3) is 0 Å². The zero-order valence-corrected chi connectivity index (χ0v) is 11.8. The summed E-state index contributed by atoms with van der Waals surface area (Å²) in [5.74, 6) is 0.780. The van der Waals surface area contributed by atoms with Crippen molar-refractivity contribution in [2.45, 2.75) is 18.9 Å². The van der Waals surface area contributed by atoms with E-state index in [0.717, 1.165) is 16.9 Å². The van der Waals surface area contributed by atoms with Gasteiger partial charge in [0.1, 0.15) is 5.75 Å². The van der Waals surface area contributed by atoms with Crippen molar-refractivity contribution in [3.63, 3.8) is 0 Å². The Morgan fingerprint density at radius 2 is 1.84 bits per heavy atom. The lowest BCUT2D eigenvalue weighted by Crippen LogP contribution is -2.24. The van der Waals surface area contributed by atoms with Crippen LogP contribution in [0, 0.1) is 0 Å². The van der Waals surface area contributed by atoms with Gasteiger partial charge in [0.2, 0.25) is 0 Å². The van der Waals surface area contributed by atoms with Gasteiger partial charge >= 0.3 is 0 Å². The average Bonchev–Trinajstić information content (AvgIpc) is 2.38. The maximum Gasteiger partial charge on any atom is 0.118 e. The Bertz CT molecular complexity index is 547. The fourth-order valence-corrected chi connectivity index (χ4v) is 2.31. The van der Waals surface area contributed by atoms with Crippen LogP contribution in [0.4, 0.5) is 0 Å². The van der Waals surface area contributed by atoms with Gasteiger partial charge in [-0.05, 0) is 42.3 Å². The van der Waals surface area contributed by atoms with E-state index in [4.69, 9.17) is 16.3 Å². The molecule has 2 rings (SSSR count). The Balaban J connectivity index is 2.21. The summed E-state index contributed by atoms with van der Waals surface area (Å²) in [6, 6.07) is 15.0. The van der Waals surface area contributed by atoms with Crippen LogP contribution in [0.3, 0.4) is 0 Å². The van der Waals surface area contributed by atoms with Crippen LogP contribution in [0.2, 0.25) is 5.02 Å². The molecule has 0 aromatic heterocycles. The number of halogens is 1. The van der Waals surface area contributed by atoms with Gasteiger partial charge in [-0.2, -0.15) is 0 Å². The summed E-state index contributed by atoms with van der Waals surface area (Å²) in [4.78, 5) is 0. The summed E-state index contributed by atoms with van der Waals surface area (Å²) in [7, 11) is 1.62. The minimum absolute atomic E-state index is 0.514. The van der Waals surface area contributed by atoms with Crippen LogP contribution < -0.4 is 4.74 Å². The number of methoxy groups -OCH3 is 1. The van der Waals surface area contributed by atoms with Crippen molar-refractivity contribution in [2.75, 3.05) is 7.11 Å². The van der Waals surface area contributed by atoms with Gasteiger partial charge in [0, 0.05) is 11.4 Å². The molecule has 3 heteroatoms. The maximum atomic E-state index is 10.6. The van der Waals surface area contributed by atoms with Crippen molar-refractivity contribution < 1.29 is 9.84 Å². The highest BCUT2D eigenvalue weighted by Crippen LogP contribution is 2.27. The zero-order valence-electron chi connectivity index (χ0n) is 11.1. The molecule has 0 radical (unpaired) electrons. The minimum atomic E-state index is -0.934. The predicted octanol–water partition coefficient (Wildman–Crippen LogP) is 3.80. The second-order valence-electron chi connectivity index (χ2n) is 4.81. The molecule has 0 aliphatic heterocycles. The smallest absolute Gasteiger partial charge is 0.118 e. The fourth-order valence-electron chi connectivity index (χ4n) is 2.10. The molecule has 0 aliphatic carbocycles. The van der Waals surface area contributed by atoms with Crippen molar-refractivity contribution in [3.05, 3.63) is 64.7 Å². The van der Waals surface area contributed by atoms with Crippen LogP contribution in [-0.4, -0.2) is 12.2 Å². The summed E-state index contributed by atoms with van der Waals surface area (Å²) in [6.45, 7) is 1.80. The van der Waals surface area contributed by atoms with Gasteiger partial charge in [-0.1, -0.05) is 35.9 Å². The number of hydrogen-bond acceptors (Lipinski definition) is 2. The van der Waals surface area contributed by atoms with E-state index in [2.05, 4.69) is 0 Å². The molecule has 2 nitrogen and oxygen atoms in total. The Morgan fingerprint density at radius 3 is 2.42 bits per heavy atom. The van der Waals surface area contributed by atoms with E-state index in [1.165, 1.54) is 0 Å². The van der Waals surface area contributed by atoms with Gasteiger partial charge in [-0.15, -0.1) is 0 Å². The Kier molecular flexibility index (Phi) is 4.13. The fraction of sp³-hybridized carbons (Fsp3) is 0.250. The molecular formula is C16H17ClO2. The van der Waals surface area contributed by atoms with Gasteiger partial charge < -0.3 is 9.84 Å². The molecule has 0 heterocycles. The second-order valence-corrected chi connectivity index (χ2v) is 5.25. The average molecular weight is 277 g/mol. The third kappa shape index (κ3) is 3.49. The summed E-state index contributed by atoms with van der Waals surface area (Å²) >= 11 is 5.96. The first-order valence-corrected chi connectivity index (χ1v) is 6.50. The number of rotatable bonds is 4. The van der Waals surface area contributed by atoms with E-state index in [1.54, 1.807) is 14.0 Å². The summed E-state index contributed by atoms with van der Waals surface area (Å²) in [5, 5.41) is 11.3. The molecule has 1 atom stereocenters. The third-order valence-electron chi connectivity index (χ3n) is 3.15. The molecular weight excluding hydrogens is 260 g/mol. The van der Waals surface area contributed by atoms with E-state index >= 15 is 0 Å². The van der Waals surface area contributed by atoms with E-state index in [0.29, 0.717) is 11.4 Å². The van der Waals surface area contributed by atoms with Crippen LogP contribution in [0.15, 0.2) is 48.5 Å². The van der Waals surface area contributed by atoms with Crippen LogP contribution >= 0.6 is 11.6 Å². The predicted molar refractivity (Wildman–Crippen MR) is 77.7 cm³/mol. The van der Waals surface area contributed by atoms with Gasteiger partial charge in [0.15, 0.2) is 0 Å². The largest absolute Gasteiger partial charge is 0.497 e. The summed E-state index contributed by atoms with van der Waals surface area (Å²) < 4.78 is 5.12. The molecule has 2 aromatic carbocycles. The molecule has 2 aromatic rings. The summed E-state index contributed by atoms with van der Waals surface area (Å²) in [6.07, 6.45) is 0.514.